The zero-order valence-corrected chi connectivity index (χ0v) is 28.8. The van der Waals surface area contributed by atoms with Crippen molar-refractivity contribution in [1.29, 1.82) is 0 Å². The summed E-state index contributed by atoms with van der Waals surface area (Å²) in [5.74, 6) is 10.1. The van der Waals surface area contributed by atoms with Crippen molar-refractivity contribution in [2.45, 2.75) is 26.7 Å². The second kappa shape index (κ2) is 18.6. The molecule has 4 aromatic carbocycles. The van der Waals surface area contributed by atoms with Gasteiger partial charge in [-0.3, -0.25) is 4.79 Å². The average Bonchev–Trinajstić information content (AvgIpc) is 3.12. The first-order valence-electron chi connectivity index (χ1n) is 16.7. The summed E-state index contributed by atoms with van der Waals surface area (Å²) in [6, 6.07) is 25.3. The molecule has 7 nitrogen and oxygen atoms in total. The molecule has 6 rings (SSSR count). The summed E-state index contributed by atoms with van der Waals surface area (Å²) >= 11 is 0. The summed E-state index contributed by atoms with van der Waals surface area (Å²) in [5, 5.41) is 11.7. The number of halogens is 2. The summed E-state index contributed by atoms with van der Waals surface area (Å²) in [7, 11) is 0. The Morgan fingerprint density at radius 3 is 1.27 bits per heavy atom. The standard InChI is InChI=1S/C21H20FNO2.C15H9FO2.C6H13NO/c1-2-21(14-25-15-21)13-23-20(24)18-9-5-16(6-10-18)3-4-17-7-11-19(22)12-8-17;16-14-9-5-12(6-10-14)2-1-11-3-7-13(8-4-11)15(17)18;1-2-6(3-7)4-8-5-6/h5-12H,2,13-15H2,1H3,(H,23,24);3-10H,(H,17,18);2-5,7H2,1H3. The summed E-state index contributed by atoms with van der Waals surface area (Å²) in [6.45, 7) is 8.86. The van der Waals surface area contributed by atoms with E-state index >= 15 is 0 Å². The summed E-state index contributed by atoms with van der Waals surface area (Å²) in [6.07, 6.45) is 2.15. The maximum Gasteiger partial charge on any atom is 0.335 e. The molecular weight excluding hydrogens is 650 g/mol. The normalized spacial score (nSPS) is 14.5. The van der Waals surface area contributed by atoms with Crippen molar-refractivity contribution in [2.24, 2.45) is 16.6 Å². The highest BCUT2D eigenvalue weighted by Crippen LogP contribution is 2.30. The lowest BCUT2D eigenvalue weighted by molar-refractivity contribution is -0.111. The van der Waals surface area contributed by atoms with Crippen LogP contribution >= 0.6 is 0 Å². The van der Waals surface area contributed by atoms with E-state index < -0.39 is 5.97 Å². The third kappa shape index (κ3) is 11.6. The summed E-state index contributed by atoms with van der Waals surface area (Å²) in [5.41, 5.74) is 9.76. The molecule has 2 aliphatic heterocycles. The maximum atomic E-state index is 12.9. The number of nitrogens with two attached hydrogens (primary N) is 1. The molecule has 2 aliphatic rings. The highest BCUT2D eigenvalue weighted by Gasteiger charge is 2.37. The molecule has 0 radical (unpaired) electrons. The van der Waals surface area contributed by atoms with Gasteiger partial charge in [-0.05, 0) is 110 Å². The van der Waals surface area contributed by atoms with Gasteiger partial charge >= 0.3 is 5.97 Å². The predicted molar refractivity (Wildman–Crippen MR) is 193 cm³/mol. The number of amides is 1. The molecule has 0 atom stereocenters. The number of ether oxygens (including phenoxy) is 2. The van der Waals surface area contributed by atoms with E-state index in [2.05, 4.69) is 42.8 Å². The molecule has 1 amide bonds. The molecular formula is C42H42F2N2O5. The molecule has 0 bridgehead atoms. The number of carbonyl (C=O) groups is 2. The first-order valence-corrected chi connectivity index (χ1v) is 16.7. The zero-order chi connectivity index (χ0) is 36.7. The Labute approximate surface area is 298 Å². The molecule has 9 heteroatoms. The van der Waals surface area contributed by atoms with E-state index in [1.165, 1.54) is 36.4 Å². The molecule has 2 fully saturated rings. The molecule has 0 aromatic heterocycles. The second-order valence-corrected chi connectivity index (χ2v) is 12.6. The Kier molecular flexibility index (Phi) is 14.0. The lowest BCUT2D eigenvalue weighted by Gasteiger charge is -2.40. The van der Waals surface area contributed by atoms with Crippen molar-refractivity contribution in [3.8, 4) is 23.7 Å². The van der Waals surface area contributed by atoms with Gasteiger partial charge < -0.3 is 25.6 Å². The van der Waals surface area contributed by atoms with Crippen LogP contribution in [-0.4, -0.2) is 56.5 Å². The number of benzene rings is 4. The van der Waals surface area contributed by atoms with Crippen molar-refractivity contribution >= 4 is 11.9 Å². The van der Waals surface area contributed by atoms with Crippen molar-refractivity contribution in [2.75, 3.05) is 39.5 Å². The van der Waals surface area contributed by atoms with Crippen LogP contribution < -0.4 is 11.1 Å². The largest absolute Gasteiger partial charge is 0.478 e. The summed E-state index contributed by atoms with van der Waals surface area (Å²) in [4.78, 5) is 22.9. The van der Waals surface area contributed by atoms with Gasteiger partial charge in [-0.1, -0.05) is 37.5 Å². The molecule has 2 heterocycles. The van der Waals surface area contributed by atoms with E-state index in [1.54, 1.807) is 48.5 Å². The molecule has 51 heavy (non-hydrogen) atoms. The van der Waals surface area contributed by atoms with E-state index in [1.807, 2.05) is 12.1 Å². The van der Waals surface area contributed by atoms with E-state index in [4.69, 9.17) is 20.3 Å². The van der Waals surface area contributed by atoms with Crippen LogP contribution in [0, 0.1) is 46.1 Å². The van der Waals surface area contributed by atoms with Crippen LogP contribution in [0.3, 0.4) is 0 Å². The van der Waals surface area contributed by atoms with Crippen LogP contribution in [0.1, 0.15) is 69.7 Å². The average molecular weight is 693 g/mol. The van der Waals surface area contributed by atoms with Crippen LogP contribution in [0.25, 0.3) is 0 Å². The van der Waals surface area contributed by atoms with E-state index in [0.717, 1.165) is 43.7 Å². The number of carboxylic acid groups (broad SMARTS) is 1. The number of hydrogen-bond donors (Lipinski definition) is 3. The topological polar surface area (TPSA) is 111 Å². The summed E-state index contributed by atoms with van der Waals surface area (Å²) < 4.78 is 35.8. The highest BCUT2D eigenvalue weighted by atomic mass is 19.1. The van der Waals surface area contributed by atoms with Gasteiger partial charge in [0.2, 0.25) is 0 Å². The predicted octanol–water partition coefficient (Wildman–Crippen LogP) is 6.68. The fourth-order valence-electron chi connectivity index (χ4n) is 4.81. The van der Waals surface area contributed by atoms with Gasteiger partial charge in [0.1, 0.15) is 11.6 Å². The van der Waals surface area contributed by atoms with Crippen molar-refractivity contribution in [3.05, 3.63) is 142 Å². The fourth-order valence-corrected chi connectivity index (χ4v) is 4.81. The molecule has 0 saturated carbocycles. The van der Waals surface area contributed by atoms with Crippen LogP contribution in [0.4, 0.5) is 8.78 Å². The van der Waals surface area contributed by atoms with E-state index in [-0.39, 0.29) is 28.5 Å². The van der Waals surface area contributed by atoms with Crippen LogP contribution in [0.15, 0.2) is 97.1 Å². The first-order chi connectivity index (χ1) is 24.6. The van der Waals surface area contributed by atoms with Gasteiger partial charge in [0.25, 0.3) is 5.91 Å². The minimum Gasteiger partial charge on any atom is -0.478 e. The van der Waals surface area contributed by atoms with Crippen molar-refractivity contribution < 1.29 is 33.0 Å². The van der Waals surface area contributed by atoms with Crippen LogP contribution in [0.5, 0.6) is 0 Å². The maximum absolute atomic E-state index is 12.9. The molecule has 264 valence electrons. The quantitative estimate of drug-likeness (QED) is 0.187. The van der Waals surface area contributed by atoms with Gasteiger partial charge in [-0.2, -0.15) is 0 Å². The fraction of sp³-hybridized carbons (Fsp3) is 0.286. The Balaban J connectivity index is 0.000000194. The Morgan fingerprint density at radius 1 is 0.647 bits per heavy atom. The van der Waals surface area contributed by atoms with Crippen LogP contribution in [-0.2, 0) is 9.47 Å². The van der Waals surface area contributed by atoms with Gasteiger partial charge in [0.05, 0.1) is 32.0 Å². The zero-order valence-electron chi connectivity index (χ0n) is 28.8. The number of carbonyl (C=O) groups excluding carboxylic acids is 1. The van der Waals surface area contributed by atoms with Gasteiger partial charge in [0.15, 0.2) is 0 Å². The molecule has 4 aromatic rings. The SMILES string of the molecule is CCC1(CN)COC1.CCC1(CNC(=O)c2ccc(C#Cc3ccc(F)cc3)cc2)COC1.O=C(O)c1ccc(C#Cc2ccc(F)cc2)cc1. The molecule has 0 spiro atoms. The third-order valence-electron chi connectivity index (χ3n) is 8.86. The van der Waals surface area contributed by atoms with Crippen LogP contribution in [0.2, 0.25) is 0 Å². The number of nitrogens with one attached hydrogen (secondary N) is 1. The smallest absolute Gasteiger partial charge is 0.335 e. The van der Waals surface area contributed by atoms with Gasteiger partial charge in [-0.15, -0.1) is 0 Å². The number of hydrogen-bond acceptors (Lipinski definition) is 5. The molecule has 2 saturated heterocycles. The van der Waals surface area contributed by atoms with E-state index in [9.17, 15) is 18.4 Å². The molecule has 0 unspecified atom stereocenters. The first kappa shape index (κ1) is 38.5. The number of rotatable bonds is 7. The van der Waals surface area contributed by atoms with Crippen molar-refractivity contribution in [3.63, 3.8) is 0 Å². The minimum atomic E-state index is -0.965. The molecule has 4 N–H and O–H groups in total. The Hall–Kier alpha value is -5.32. The Morgan fingerprint density at radius 2 is 1.00 bits per heavy atom. The van der Waals surface area contributed by atoms with E-state index in [0.29, 0.717) is 41.9 Å². The third-order valence-corrected chi connectivity index (χ3v) is 8.86. The second-order valence-electron chi connectivity index (χ2n) is 12.6. The minimum absolute atomic E-state index is 0.0854. The highest BCUT2D eigenvalue weighted by molar-refractivity contribution is 5.94. The van der Waals surface area contributed by atoms with Gasteiger partial charge in [-0.25, -0.2) is 13.6 Å². The lowest BCUT2D eigenvalue weighted by atomic mass is 9.83. The number of carboxylic acids is 1. The lowest BCUT2D eigenvalue weighted by Crippen LogP contribution is -2.50. The monoisotopic (exact) mass is 692 g/mol. The van der Waals surface area contributed by atoms with Crippen molar-refractivity contribution in [1.82, 2.24) is 5.32 Å². The Bertz CT molecular complexity index is 1840. The van der Waals surface area contributed by atoms with Gasteiger partial charge in [0, 0.05) is 51.7 Å². The number of aromatic carboxylic acids is 1. The molecule has 0 aliphatic carbocycles.